The molecule has 0 spiro atoms. The lowest BCUT2D eigenvalue weighted by atomic mass is 10.1. The van der Waals surface area contributed by atoms with E-state index in [1.165, 1.54) is 10.8 Å². The third kappa shape index (κ3) is 7.93. The minimum atomic E-state index is -0.438. The van der Waals surface area contributed by atoms with Crippen molar-refractivity contribution in [2.24, 2.45) is 5.92 Å². The minimum absolute atomic E-state index is 0.0293. The quantitative estimate of drug-likeness (QED) is 0.286. The topological polar surface area (TPSA) is 131 Å². The lowest BCUT2D eigenvalue weighted by Crippen LogP contribution is -2.35. The molecule has 0 aliphatic heterocycles. The first-order chi connectivity index (χ1) is 18.0. The number of aryl methyl sites for hydroxylation is 1. The number of rotatable bonds is 11. The van der Waals surface area contributed by atoms with E-state index in [1.54, 1.807) is 18.2 Å². The van der Waals surface area contributed by atoms with Gasteiger partial charge in [-0.3, -0.25) is 19.0 Å². The largest absolute Gasteiger partial charge is 0.399 e. The lowest BCUT2D eigenvalue weighted by molar-refractivity contribution is -0.121. The van der Waals surface area contributed by atoms with E-state index in [1.807, 2.05) is 45.0 Å². The molecule has 0 saturated heterocycles. The van der Waals surface area contributed by atoms with Gasteiger partial charge in [0.05, 0.1) is 11.9 Å². The van der Waals surface area contributed by atoms with E-state index in [9.17, 15) is 14.4 Å². The first-order valence-corrected chi connectivity index (χ1v) is 12.9. The molecule has 3 aromatic rings. The zero-order valence-corrected chi connectivity index (χ0v) is 22.8. The van der Waals surface area contributed by atoms with Crippen molar-refractivity contribution in [3.8, 4) is 11.3 Å². The van der Waals surface area contributed by atoms with Gasteiger partial charge in [-0.15, -0.1) is 0 Å². The smallest absolute Gasteiger partial charge is 0.294 e. The maximum absolute atomic E-state index is 13.4. The number of nitrogens with zero attached hydrogens (tertiary/aromatic N) is 2. The maximum atomic E-state index is 13.4. The molecule has 1 aromatic heterocycles. The highest BCUT2D eigenvalue weighted by molar-refractivity contribution is 5.96. The Labute approximate surface area is 223 Å². The molecular weight excluding hydrogens is 480 g/mol. The number of benzene rings is 2. The average Bonchev–Trinajstić information content (AvgIpc) is 2.85. The highest BCUT2D eigenvalue weighted by Gasteiger charge is 2.17. The molecule has 0 unspecified atom stereocenters. The number of nitrogen functional groups attached to an aromatic ring is 1. The average molecular weight is 519 g/mol. The highest BCUT2D eigenvalue weighted by Crippen LogP contribution is 2.23. The van der Waals surface area contributed by atoms with Crippen LogP contribution in [0.5, 0.6) is 0 Å². The molecule has 0 saturated carbocycles. The SMILES string of the molecule is Cc1ccc(CNC(=O)Cn2c(-c3cc(N)cc(C(=O)NCCC(C)C)c3)cnc(NC(C)C)c2=O)cc1. The Kier molecular flexibility index (Phi) is 9.65. The Morgan fingerprint density at radius 1 is 1.03 bits per heavy atom. The monoisotopic (exact) mass is 518 g/mol. The van der Waals surface area contributed by atoms with Crippen molar-refractivity contribution in [2.45, 2.75) is 60.2 Å². The van der Waals surface area contributed by atoms with Gasteiger partial charge in [0.15, 0.2) is 5.82 Å². The zero-order valence-electron chi connectivity index (χ0n) is 22.8. The molecule has 9 heteroatoms. The van der Waals surface area contributed by atoms with Gasteiger partial charge in [-0.25, -0.2) is 4.98 Å². The fraction of sp³-hybridized carbons (Fsp3) is 0.379. The van der Waals surface area contributed by atoms with Crippen LogP contribution in [0.3, 0.4) is 0 Å². The summed E-state index contributed by atoms with van der Waals surface area (Å²) in [7, 11) is 0. The summed E-state index contributed by atoms with van der Waals surface area (Å²) < 4.78 is 1.36. The predicted molar refractivity (Wildman–Crippen MR) is 152 cm³/mol. The molecule has 0 atom stereocenters. The standard InChI is InChI=1S/C29H38N6O3/c1-18(2)10-11-31-28(37)23-12-22(13-24(30)14-23)25-16-33-27(34-19(3)4)29(38)35(25)17-26(36)32-15-21-8-6-20(5)7-9-21/h6-9,12-14,16,18-19H,10-11,15,17,30H2,1-5H3,(H,31,37)(H,32,36)(H,33,34). The van der Waals surface area contributed by atoms with Crippen LogP contribution in [0.1, 0.15) is 55.6 Å². The van der Waals surface area contributed by atoms with Crippen LogP contribution in [0.4, 0.5) is 11.5 Å². The zero-order chi connectivity index (χ0) is 27.8. The molecular formula is C29H38N6O3. The molecule has 0 aliphatic rings. The van der Waals surface area contributed by atoms with Crippen molar-refractivity contribution in [2.75, 3.05) is 17.6 Å². The summed E-state index contributed by atoms with van der Waals surface area (Å²) in [6.07, 6.45) is 2.38. The number of nitrogens with two attached hydrogens (primary N) is 1. The summed E-state index contributed by atoms with van der Waals surface area (Å²) in [5.74, 6) is 0.0223. The number of aromatic nitrogens is 2. The third-order valence-electron chi connectivity index (χ3n) is 5.91. The van der Waals surface area contributed by atoms with Crippen LogP contribution in [0.2, 0.25) is 0 Å². The van der Waals surface area contributed by atoms with Crippen molar-refractivity contribution < 1.29 is 9.59 Å². The van der Waals surface area contributed by atoms with Gasteiger partial charge in [0.1, 0.15) is 6.54 Å². The van der Waals surface area contributed by atoms with E-state index < -0.39 is 5.56 Å². The summed E-state index contributed by atoms with van der Waals surface area (Å²) in [5.41, 5.74) is 9.43. The normalized spacial score (nSPS) is 11.0. The minimum Gasteiger partial charge on any atom is -0.399 e. The first kappa shape index (κ1) is 28.4. The van der Waals surface area contributed by atoms with Gasteiger partial charge in [0.25, 0.3) is 11.5 Å². The third-order valence-corrected chi connectivity index (χ3v) is 5.91. The molecule has 202 valence electrons. The van der Waals surface area contributed by atoms with E-state index in [2.05, 4.69) is 34.8 Å². The van der Waals surface area contributed by atoms with Crippen LogP contribution in [0, 0.1) is 12.8 Å². The molecule has 9 nitrogen and oxygen atoms in total. The summed E-state index contributed by atoms with van der Waals surface area (Å²) in [4.78, 5) is 43.4. The summed E-state index contributed by atoms with van der Waals surface area (Å²) in [6, 6.07) is 12.7. The van der Waals surface area contributed by atoms with Gasteiger partial charge in [0, 0.05) is 35.9 Å². The maximum Gasteiger partial charge on any atom is 0.294 e. The Balaban J connectivity index is 1.92. The van der Waals surface area contributed by atoms with E-state index in [0.717, 1.165) is 17.5 Å². The number of hydrogen-bond donors (Lipinski definition) is 4. The molecule has 5 N–H and O–H groups in total. The summed E-state index contributed by atoms with van der Waals surface area (Å²) >= 11 is 0. The molecule has 2 aromatic carbocycles. The molecule has 0 bridgehead atoms. The molecule has 2 amide bonds. The number of carbonyl (C=O) groups excluding carboxylic acids is 2. The predicted octanol–water partition coefficient (Wildman–Crippen LogP) is 3.71. The number of anilines is 2. The van der Waals surface area contributed by atoms with Gasteiger partial charge >= 0.3 is 0 Å². The highest BCUT2D eigenvalue weighted by atomic mass is 16.2. The number of hydrogen-bond acceptors (Lipinski definition) is 6. The Morgan fingerprint density at radius 3 is 2.39 bits per heavy atom. The van der Waals surface area contributed by atoms with E-state index in [4.69, 9.17) is 5.73 Å². The second-order valence-electron chi connectivity index (χ2n) is 10.2. The van der Waals surface area contributed by atoms with E-state index in [0.29, 0.717) is 41.5 Å². The van der Waals surface area contributed by atoms with Crippen LogP contribution in [-0.2, 0) is 17.9 Å². The van der Waals surface area contributed by atoms with Gasteiger partial charge < -0.3 is 21.7 Å². The first-order valence-electron chi connectivity index (χ1n) is 12.9. The van der Waals surface area contributed by atoms with Crippen LogP contribution in [0.15, 0.2) is 53.5 Å². The number of amides is 2. The number of carbonyl (C=O) groups is 2. The Hall–Kier alpha value is -4.14. The van der Waals surface area contributed by atoms with Gasteiger partial charge in [-0.1, -0.05) is 43.7 Å². The summed E-state index contributed by atoms with van der Waals surface area (Å²) in [5, 5.41) is 8.82. The van der Waals surface area contributed by atoms with E-state index in [-0.39, 0.29) is 30.2 Å². The van der Waals surface area contributed by atoms with Crippen molar-refractivity contribution in [3.05, 3.63) is 75.7 Å². The molecule has 1 heterocycles. The molecule has 0 fully saturated rings. The second-order valence-corrected chi connectivity index (χ2v) is 10.2. The van der Waals surface area contributed by atoms with E-state index >= 15 is 0 Å². The van der Waals surface area contributed by atoms with Crippen molar-refractivity contribution in [1.82, 2.24) is 20.2 Å². The fourth-order valence-corrected chi connectivity index (χ4v) is 3.86. The lowest BCUT2D eigenvalue weighted by Gasteiger charge is -2.17. The van der Waals surface area contributed by atoms with Crippen LogP contribution in [0.25, 0.3) is 11.3 Å². The molecule has 3 rings (SSSR count). The van der Waals surface area contributed by atoms with Gasteiger partial charge in [0.2, 0.25) is 5.91 Å². The molecule has 0 radical (unpaired) electrons. The van der Waals surface area contributed by atoms with Crippen LogP contribution < -0.4 is 27.2 Å². The van der Waals surface area contributed by atoms with Gasteiger partial charge in [-0.2, -0.15) is 0 Å². The Morgan fingerprint density at radius 2 is 1.74 bits per heavy atom. The second kappa shape index (κ2) is 12.9. The number of nitrogens with one attached hydrogen (secondary N) is 3. The van der Waals surface area contributed by atoms with Crippen LogP contribution >= 0.6 is 0 Å². The Bertz CT molecular complexity index is 1330. The molecule has 0 aliphatic carbocycles. The van der Waals surface area contributed by atoms with Crippen molar-refractivity contribution >= 4 is 23.3 Å². The fourth-order valence-electron chi connectivity index (χ4n) is 3.86. The van der Waals surface area contributed by atoms with Crippen molar-refractivity contribution in [3.63, 3.8) is 0 Å². The van der Waals surface area contributed by atoms with Gasteiger partial charge in [-0.05, 0) is 56.9 Å². The van der Waals surface area contributed by atoms with Crippen LogP contribution in [-0.4, -0.2) is 34.0 Å². The molecule has 38 heavy (non-hydrogen) atoms. The summed E-state index contributed by atoms with van der Waals surface area (Å²) in [6.45, 7) is 10.6. The van der Waals surface area contributed by atoms with Crippen molar-refractivity contribution in [1.29, 1.82) is 0 Å².